The molecule has 0 fully saturated rings. The van der Waals surface area contributed by atoms with Gasteiger partial charge in [0, 0.05) is 6.92 Å². The summed E-state index contributed by atoms with van der Waals surface area (Å²) < 4.78 is 4.68. The Kier molecular flexibility index (Phi) is 5.07. The molecule has 0 atom stereocenters. The molecule has 0 aliphatic heterocycles. The normalized spacial score (nSPS) is 10.9. The molecule has 0 unspecified atom stereocenters. The quantitative estimate of drug-likeness (QED) is 0.347. The Morgan fingerprint density at radius 3 is 2.55 bits per heavy atom. The molecule has 0 N–H and O–H groups in total. The van der Waals surface area contributed by atoms with Crippen LogP contribution in [-0.4, -0.2) is 18.9 Å². The van der Waals surface area contributed by atoms with Crippen molar-refractivity contribution in [3.63, 3.8) is 0 Å². The number of rotatable bonds is 4. The van der Waals surface area contributed by atoms with E-state index in [1.54, 1.807) is 0 Å². The zero-order valence-electron chi connectivity index (χ0n) is 6.79. The van der Waals surface area contributed by atoms with Crippen molar-refractivity contribution in [2.45, 2.75) is 20.3 Å². The van der Waals surface area contributed by atoms with Crippen LogP contribution in [-0.2, 0) is 14.3 Å². The van der Waals surface area contributed by atoms with E-state index >= 15 is 0 Å². The zero-order valence-corrected chi connectivity index (χ0v) is 6.79. The summed E-state index contributed by atoms with van der Waals surface area (Å²) in [5.41, 5.74) is 0.829. The van der Waals surface area contributed by atoms with Crippen LogP contribution < -0.4 is 0 Å². The topological polar surface area (TPSA) is 43.4 Å². The molecule has 0 saturated carbocycles. The average molecular weight is 156 g/mol. The van der Waals surface area contributed by atoms with Crippen molar-refractivity contribution < 1.29 is 14.3 Å². The Balaban J connectivity index is 3.79. The van der Waals surface area contributed by atoms with Crippen LogP contribution in [0.25, 0.3) is 0 Å². The van der Waals surface area contributed by atoms with E-state index in [1.807, 2.05) is 6.92 Å². The first kappa shape index (κ1) is 9.88. The van der Waals surface area contributed by atoms with E-state index < -0.39 is 0 Å². The standard InChI is InChI=1S/C8H12O3/c1-3-8(4-5-9)6-11-7(2)10/h4-5H,3,6H2,1-2H3. The molecule has 0 heterocycles. The predicted molar refractivity (Wildman–Crippen MR) is 41.1 cm³/mol. The van der Waals surface area contributed by atoms with Gasteiger partial charge in [-0.2, -0.15) is 0 Å². The van der Waals surface area contributed by atoms with Gasteiger partial charge < -0.3 is 4.74 Å². The van der Waals surface area contributed by atoms with Gasteiger partial charge in [-0.25, -0.2) is 0 Å². The first-order valence-corrected chi connectivity index (χ1v) is 3.47. The lowest BCUT2D eigenvalue weighted by Crippen LogP contribution is -2.02. The van der Waals surface area contributed by atoms with Crippen LogP contribution in [0.4, 0.5) is 0 Å². The second-order valence-corrected chi connectivity index (χ2v) is 2.09. The molecule has 0 aliphatic rings. The lowest BCUT2D eigenvalue weighted by molar-refractivity contribution is -0.140. The van der Waals surface area contributed by atoms with Gasteiger partial charge in [0.05, 0.1) is 0 Å². The van der Waals surface area contributed by atoms with Crippen LogP contribution >= 0.6 is 0 Å². The highest BCUT2D eigenvalue weighted by atomic mass is 16.5. The highest BCUT2D eigenvalue weighted by Crippen LogP contribution is 1.99. The third-order valence-corrected chi connectivity index (χ3v) is 1.22. The maximum absolute atomic E-state index is 10.3. The van der Waals surface area contributed by atoms with Gasteiger partial charge in [-0.05, 0) is 18.1 Å². The second-order valence-electron chi connectivity index (χ2n) is 2.09. The van der Waals surface area contributed by atoms with Crippen LogP contribution in [0.5, 0.6) is 0 Å². The van der Waals surface area contributed by atoms with Crippen LogP contribution in [0.2, 0.25) is 0 Å². The lowest BCUT2D eigenvalue weighted by Gasteiger charge is -2.02. The second kappa shape index (κ2) is 5.65. The summed E-state index contributed by atoms with van der Waals surface area (Å²) in [6, 6.07) is 0. The molecule has 0 aliphatic carbocycles. The maximum atomic E-state index is 10.3. The fourth-order valence-corrected chi connectivity index (χ4v) is 0.559. The number of carbonyl (C=O) groups excluding carboxylic acids is 2. The Morgan fingerprint density at radius 1 is 1.55 bits per heavy atom. The molecule has 0 amide bonds. The third-order valence-electron chi connectivity index (χ3n) is 1.22. The van der Waals surface area contributed by atoms with E-state index in [1.165, 1.54) is 13.0 Å². The van der Waals surface area contributed by atoms with Gasteiger partial charge in [-0.15, -0.1) is 0 Å². The molecule has 0 rings (SSSR count). The van der Waals surface area contributed by atoms with Crippen LogP contribution in [0.15, 0.2) is 11.6 Å². The molecule has 0 spiro atoms. The number of allylic oxidation sites excluding steroid dienone is 1. The molecule has 0 aromatic heterocycles. The van der Waals surface area contributed by atoms with E-state index in [9.17, 15) is 9.59 Å². The van der Waals surface area contributed by atoms with Crippen LogP contribution in [0.3, 0.4) is 0 Å². The molecule has 3 nitrogen and oxygen atoms in total. The van der Waals surface area contributed by atoms with Crippen molar-refractivity contribution >= 4 is 12.3 Å². The monoisotopic (exact) mass is 156 g/mol. The first-order chi connectivity index (χ1) is 5.20. The van der Waals surface area contributed by atoms with Crippen molar-refractivity contribution in [1.29, 1.82) is 0 Å². The maximum Gasteiger partial charge on any atom is 0.302 e. The molecule has 0 aromatic rings. The summed E-state index contributed by atoms with van der Waals surface area (Å²) in [5.74, 6) is -0.324. The highest BCUT2D eigenvalue weighted by Gasteiger charge is 1.96. The minimum Gasteiger partial charge on any atom is -0.461 e. The van der Waals surface area contributed by atoms with E-state index in [-0.39, 0.29) is 12.6 Å². The lowest BCUT2D eigenvalue weighted by atomic mass is 10.2. The molecular formula is C8H12O3. The zero-order chi connectivity index (χ0) is 8.69. The van der Waals surface area contributed by atoms with Crippen LogP contribution in [0, 0.1) is 0 Å². The fraction of sp³-hybridized carbons (Fsp3) is 0.500. The van der Waals surface area contributed by atoms with Gasteiger partial charge >= 0.3 is 5.97 Å². The van der Waals surface area contributed by atoms with Gasteiger partial charge in [0.2, 0.25) is 0 Å². The smallest absolute Gasteiger partial charge is 0.302 e. The summed E-state index contributed by atoms with van der Waals surface area (Å²) >= 11 is 0. The molecule has 62 valence electrons. The fourth-order valence-electron chi connectivity index (χ4n) is 0.559. The number of esters is 1. The summed E-state index contributed by atoms with van der Waals surface area (Å²) in [4.78, 5) is 20.3. The number of carbonyl (C=O) groups is 2. The van der Waals surface area contributed by atoms with Crippen molar-refractivity contribution in [3.05, 3.63) is 11.6 Å². The van der Waals surface area contributed by atoms with E-state index in [4.69, 9.17) is 0 Å². The number of ether oxygens (including phenoxy) is 1. The molecule has 0 aromatic carbocycles. The van der Waals surface area contributed by atoms with E-state index in [0.29, 0.717) is 6.29 Å². The van der Waals surface area contributed by atoms with Crippen molar-refractivity contribution in [3.8, 4) is 0 Å². The SMILES string of the molecule is CCC(=CC=O)COC(C)=O. The summed E-state index contributed by atoms with van der Waals surface area (Å²) in [7, 11) is 0. The minimum absolute atomic E-state index is 0.227. The summed E-state index contributed by atoms with van der Waals surface area (Å²) in [6.07, 6.45) is 2.84. The number of hydrogen-bond acceptors (Lipinski definition) is 3. The average Bonchev–Trinajstić information content (AvgIpc) is 1.97. The van der Waals surface area contributed by atoms with E-state index in [2.05, 4.69) is 4.74 Å². The Morgan fingerprint density at radius 2 is 2.18 bits per heavy atom. The minimum atomic E-state index is -0.324. The van der Waals surface area contributed by atoms with Gasteiger partial charge in [-0.1, -0.05) is 6.92 Å². The van der Waals surface area contributed by atoms with Gasteiger partial charge in [-0.3, -0.25) is 9.59 Å². The highest BCUT2D eigenvalue weighted by molar-refractivity contribution is 5.68. The Hall–Kier alpha value is -1.12. The molecular weight excluding hydrogens is 144 g/mol. The Bertz CT molecular complexity index is 170. The Labute approximate surface area is 66.0 Å². The van der Waals surface area contributed by atoms with Gasteiger partial charge in [0.1, 0.15) is 12.9 Å². The van der Waals surface area contributed by atoms with Gasteiger partial charge in [0.25, 0.3) is 0 Å². The first-order valence-electron chi connectivity index (χ1n) is 3.47. The van der Waals surface area contributed by atoms with Crippen molar-refractivity contribution in [2.75, 3.05) is 6.61 Å². The van der Waals surface area contributed by atoms with Crippen molar-refractivity contribution in [1.82, 2.24) is 0 Å². The molecule has 0 bridgehead atoms. The summed E-state index contributed by atoms with van der Waals surface area (Å²) in [5, 5.41) is 0. The molecule has 3 heteroatoms. The van der Waals surface area contributed by atoms with Crippen LogP contribution in [0.1, 0.15) is 20.3 Å². The number of hydrogen-bond donors (Lipinski definition) is 0. The molecule has 11 heavy (non-hydrogen) atoms. The largest absolute Gasteiger partial charge is 0.461 e. The predicted octanol–water partition coefficient (Wildman–Crippen LogP) is 1.08. The third kappa shape index (κ3) is 5.33. The number of aldehydes is 1. The van der Waals surface area contributed by atoms with Gasteiger partial charge in [0.15, 0.2) is 0 Å². The molecule has 0 saturated heterocycles. The van der Waals surface area contributed by atoms with Crippen molar-refractivity contribution in [2.24, 2.45) is 0 Å². The van der Waals surface area contributed by atoms with E-state index in [0.717, 1.165) is 12.0 Å². The molecule has 0 radical (unpaired) electrons. The summed E-state index contributed by atoms with van der Waals surface area (Å²) in [6.45, 7) is 3.47.